The number of ether oxygens (including phenoxy) is 1. The zero-order valence-corrected chi connectivity index (χ0v) is 14.8. The second-order valence-corrected chi connectivity index (χ2v) is 7.07. The van der Waals surface area contributed by atoms with E-state index in [0.717, 1.165) is 29.9 Å². The number of nitrogens with zero attached hydrogens (tertiary/aromatic N) is 2. The first-order valence-electron chi connectivity index (χ1n) is 7.35. The fourth-order valence-corrected chi connectivity index (χ4v) is 3.51. The van der Waals surface area contributed by atoms with Gasteiger partial charge in [0.2, 0.25) is 5.89 Å². The Morgan fingerprint density at radius 2 is 1.96 bits per heavy atom. The van der Waals surface area contributed by atoms with Gasteiger partial charge in [-0.2, -0.15) is 0 Å². The normalized spacial score (nSPS) is 12.9. The first kappa shape index (κ1) is 15.8. The third-order valence-corrected chi connectivity index (χ3v) is 5.32. The highest BCUT2D eigenvalue weighted by Gasteiger charge is 2.15. The minimum atomic E-state index is 0.515. The van der Waals surface area contributed by atoms with Crippen molar-refractivity contribution in [1.29, 1.82) is 0 Å². The van der Waals surface area contributed by atoms with E-state index >= 15 is 0 Å². The molecule has 4 nitrogen and oxygen atoms in total. The largest absolute Gasteiger partial charge is 0.493 e. The van der Waals surface area contributed by atoms with Crippen LogP contribution < -0.4 is 4.74 Å². The molecule has 1 aromatic heterocycles. The Morgan fingerprint density at radius 1 is 1.04 bits per heavy atom. The van der Waals surface area contributed by atoms with Crippen molar-refractivity contribution in [3.05, 3.63) is 57.6 Å². The van der Waals surface area contributed by atoms with E-state index in [1.165, 1.54) is 17.3 Å². The van der Waals surface area contributed by atoms with E-state index < -0.39 is 0 Å². The molecule has 2 aromatic carbocycles. The van der Waals surface area contributed by atoms with Gasteiger partial charge in [-0.3, -0.25) is 0 Å². The molecule has 0 aliphatic carbocycles. The van der Waals surface area contributed by atoms with E-state index in [9.17, 15) is 0 Å². The molecule has 3 aromatic rings. The predicted molar refractivity (Wildman–Crippen MR) is 95.0 cm³/mol. The predicted octanol–water partition coefficient (Wildman–Crippen LogP) is 5.27. The van der Waals surface area contributed by atoms with Crippen molar-refractivity contribution >= 4 is 35.0 Å². The summed E-state index contributed by atoms with van der Waals surface area (Å²) in [5.74, 6) is 2.13. The summed E-state index contributed by atoms with van der Waals surface area (Å²) in [6.07, 6.45) is 0.913. The van der Waals surface area contributed by atoms with E-state index in [1.54, 1.807) is 6.07 Å². The molecule has 7 heteroatoms. The number of hydrogen-bond acceptors (Lipinski definition) is 5. The molecular weight excluding hydrogens is 367 g/mol. The van der Waals surface area contributed by atoms with E-state index in [2.05, 4.69) is 10.2 Å². The average molecular weight is 379 g/mol. The molecule has 0 saturated heterocycles. The van der Waals surface area contributed by atoms with Gasteiger partial charge in [0.05, 0.1) is 16.7 Å². The zero-order valence-electron chi connectivity index (χ0n) is 12.5. The smallest absolute Gasteiger partial charge is 0.277 e. The Hall–Kier alpha value is -1.69. The third kappa shape index (κ3) is 3.24. The van der Waals surface area contributed by atoms with Crippen LogP contribution in [0.5, 0.6) is 5.75 Å². The molecule has 0 atom stereocenters. The van der Waals surface area contributed by atoms with Crippen LogP contribution in [0.2, 0.25) is 10.0 Å². The van der Waals surface area contributed by atoms with Crippen molar-refractivity contribution in [2.75, 3.05) is 6.61 Å². The summed E-state index contributed by atoms with van der Waals surface area (Å²) in [6.45, 7) is 0.730. The molecule has 0 amide bonds. The van der Waals surface area contributed by atoms with Crippen LogP contribution in [-0.2, 0) is 12.2 Å². The minimum Gasteiger partial charge on any atom is -0.493 e. The number of benzene rings is 2. The zero-order chi connectivity index (χ0) is 16.5. The molecule has 2 heterocycles. The van der Waals surface area contributed by atoms with Gasteiger partial charge in [0, 0.05) is 17.7 Å². The van der Waals surface area contributed by atoms with Crippen molar-refractivity contribution < 1.29 is 9.15 Å². The van der Waals surface area contributed by atoms with Crippen LogP contribution in [0.25, 0.3) is 11.5 Å². The van der Waals surface area contributed by atoms with E-state index in [1.807, 2.05) is 30.3 Å². The Balaban J connectivity index is 1.47. The fourth-order valence-electron chi connectivity index (χ4n) is 2.48. The summed E-state index contributed by atoms with van der Waals surface area (Å²) in [6, 6.07) is 11.5. The highest BCUT2D eigenvalue weighted by Crippen LogP contribution is 2.32. The Bertz CT molecular complexity index is 898. The summed E-state index contributed by atoms with van der Waals surface area (Å²) in [5.41, 5.74) is 3.13. The second kappa shape index (κ2) is 6.67. The van der Waals surface area contributed by atoms with Gasteiger partial charge in [-0.1, -0.05) is 41.0 Å². The number of rotatable bonds is 4. The summed E-state index contributed by atoms with van der Waals surface area (Å²) >= 11 is 13.4. The molecule has 0 saturated carbocycles. The minimum absolute atomic E-state index is 0.515. The molecule has 0 spiro atoms. The lowest BCUT2D eigenvalue weighted by Gasteiger charge is -2.01. The molecule has 1 aliphatic heterocycles. The van der Waals surface area contributed by atoms with Crippen LogP contribution >= 0.6 is 35.0 Å². The van der Waals surface area contributed by atoms with Crippen LogP contribution in [0.3, 0.4) is 0 Å². The SMILES string of the molecule is Clc1ccc(CSc2nnc(-c3ccc4c(c3)CCO4)o2)cc1Cl. The highest BCUT2D eigenvalue weighted by molar-refractivity contribution is 7.98. The molecule has 24 heavy (non-hydrogen) atoms. The summed E-state index contributed by atoms with van der Waals surface area (Å²) in [4.78, 5) is 0. The molecule has 4 rings (SSSR count). The monoisotopic (exact) mass is 378 g/mol. The molecule has 122 valence electrons. The Kier molecular flexibility index (Phi) is 4.39. The van der Waals surface area contributed by atoms with Crippen LogP contribution in [-0.4, -0.2) is 16.8 Å². The van der Waals surface area contributed by atoms with Crippen LogP contribution in [0.15, 0.2) is 46.0 Å². The van der Waals surface area contributed by atoms with Gasteiger partial charge >= 0.3 is 0 Å². The lowest BCUT2D eigenvalue weighted by atomic mass is 10.1. The third-order valence-electron chi connectivity index (χ3n) is 3.69. The molecule has 0 bridgehead atoms. The maximum Gasteiger partial charge on any atom is 0.277 e. The number of fused-ring (bicyclic) bond motifs is 1. The molecule has 0 radical (unpaired) electrons. The van der Waals surface area contributed by atoms with Gasteiger partial charge in [0.25, 0.3) is 5.22 Å². The van der Waals surface area contributed by atoms with Crippen molar-refractivity contribution in [3.8, 4) is 17.2 Å². The summed E-state index contributed by atoms with van der Waals surface area (Å²) in [5, 5.41) is 9.84. The van der Waals surface area contributed by atoms with Crippen molar-refractivity contribution in [2.24, 2.45) is 0 Å². The van der Waals surface area contributed by atoms with Crippen LogP contribution in [0.4, 0.5) is 0 Å². The van der Waals surface area contributed by atoms with E-state index in [4.69, 9.17) is 32.4 Å². The van der Waals surface area contributed by atoms with Crippen LogP contribution in [0.1, 0.15) is 11.1 Å². The second-order valence-electron chi connectivity index (χ2n) is 5.33. The maximum absolute atomic E-state index is 6.02. The summed E-state index contributed by atoms with van der Waals surface area (Å²) < 4.78 is 11.3. The molecule has 0 unspecified atom stereocenters. The molecular formula is C17H12Cl2N2O2S. The lowest BCUT2D eigenvalue weighted by molar-refractivity contribution is 0.357. The van der Waals surface area contributed by atoms with Crippen molar-refractivity contribution in [1.82, 2.24) is 10.2 Å². The van der Waals surface area contributed by atoms with Crippen molar-refractivity contribution in [2.45, 2.75) is 17.4 Å². The van der Waals surface area contributed by atoms with Gasteiger partial charge in [0.1, 0.15) is 5.75 Å². The average Bonchev–Trinajstić information content (AvgIpc) is 3.24. The maximum atomic E-state index is 6.02. The number of halogens is 2. The fraction of sp³-hybridized carbons (Fsp3) is 0.176. The topological polar surface area (TPSA) is 48.2 Å². The number of hydrogen-bond donors (Lipinski definition) is 0. The van der Waals surface area contributed by atoms with Gasteiger partial charge in [0.15, 0.2) is 0 Å². The van der Waals surface area contributed by atoms with Gasteiger partial charge < -0.3 is 9.15 Å². The lowest BCUT2D eigenvalue weighted by Crippen LogP contribution is -1.85. The molecule has 1 aliphatic rings. The highest BCUT2D eigenvalue weighted by atomic mass is 35.5. The Labute approximate surface area is 153 Å². The standard InChI is InChI=1S/C17H12Cl2N2O2S/c18-13-3-1-10(7-14(13)19)9-24-17-21-20-16(23-17)12-2-4-15-11(8-12)5-6-22-15/h1-4,7-8H,5-6,9H2. The first-order chi connectivity index (χ1) is 11.7. The van der Waals surface area contributed by atoms with Gasteiger partial charge in [-0.25, -0.2) is 0 Å². The number of aromatic nitrogens is 2. The van der Waals surface area contributed by atoms with Gasteiger partial charge in [-0.15, -0.1) is 10.2 Å². The molecule has 0 N–H and O–H groups in total. The summed E-state index contributed by atoms with van der Waals surface area (Å²) in [7, 11) is 0. The van der Waals surface area contributed by atoms with E-state index in [-0.39, 0.29) is 0 Å². The van der Waals surface area contributed by atoms with E-state index in [0.29, 0.717) is 26.9 Å². The number of thioether (sulfide) groups is 1. The first-order valence-corrected chi connectivity index (χ1v) is 9.09. The Morgan fingerprint density at radius 3 is 2.83 bits per heavy atom. The molecule has 0 fully saturated rings. The quantitative estimate of drug-likeness (QED) is 0.578. The van der Waals surface area contributed by atoms with Gasteiger partial charge in [-0.05, 0) is 41.5 Å². The van der Waals surface area contributed by atoms with Crippen LogP contribution in [0, 0.1) is 0 Å². The van der Waals surface area contributed by atoms with Crippen molar-refractivity contribution in [3.63, 3.8) is 0 Å².